The Morgan fingerprint density at radius 3 is 2.68 bits per heavy atom. The van der Waals surface area contributed by atoms with Crippen LogP contribution < -0.4 is 5.32 Å². The number of nitrogens with zero attached hydrogens (tertiary/aromatic N) is 1. The smallest absolute Gasteiger partial charge is 0.258 e. The van der Waals surface area contributed by atoms with Crippen LogP contribution in [0.25, 0.3) is 22.4 Å². The van der Waals surface area contributed by atoms with Gasteiger partial charge in [-0.15, -0.1) is 11.3 Å². The van der Waals surface area contributed by atoms with Crippen LogP contribution in [0.4, 0.5) is 5.69 Å². The number of anilines is 1. The molecule has 0 unspecified atom stereocenters. The zero-order valence-electron chi connectivity index (χ0n) is 12.7. The zero-order valence-corrected chi connectivity index (χ0v) is 15.0. The van der Waals surface area contributed by atoms with Gasteiger partial charge in [-0.25, -0.2) is 4.98 Å². The molecule has 0 radical (unpaired) electrons. The number of aromatic nitrogens is 2. The summed E-state index contributed by atoms with van der Waals surface area (Å²) in [7, 11) is 0. The number of thiophene rings is 1. The number of carbonyl (C=O) groups excluding carboxylic acids is 1. The third-order valence-electron chi connectivity index (χ3n) is 3.68. The van der Waals surface area contributed by atoms with Gasteiger partial charge in [-0.05, 0) is 30.3 Å². The SMILES string of the molecule is O=C(Nc1cccc(-c2nc3ccccc3[nH]2)c1)c1cc(Cl)sc1Cl. The number of hydrogen-bond acceptors (Lipinski definition) is 3. The van der Waals surface area contributed by atoms with Crippen LogP contribution in [0.2, 0.25) is 8.67 Å². The van der Waals surface area contributed by atoms with Gasteiger partial charge >= 0.3 is 0 Å². The van der Waals surface area contributed by atoms with Crippen LogP contribution in [0.5, 0.6) is 0 Å². The van der Waals surface area contributed by atoms with Gasteiger partial charge in [0.2, 0.25) is 0 Å². The minimum atomic E-state index is -0.296. The van der Waals surface area contributed by atoms with Crippen LogP contribution in [0.15, 0.2) is 54.6 Å². The molecule has 4 nitrogen and oxygen atoms in total. The van der Waals surface area contributed by atoms with Gasteiger partial charge in [0.05, 0.1) is 20.9 Å². The van der Waals surface area contributed by atoms with Crippen molar-refractivity contribution >= 4 is 57.2 Å². The topological polar surface area (TPSA) is 57.8 Å². The lowest BCUT2D eigenvalue weighted by Crippen LogP contribution is -2.11. The molecule has 0 fully saturated rings. The van der Waals surface area contributed by atoms with E-state index in [1.807, 2.05) is 48.5 Å². The number of rotatable bonds is 3. The number of imidazole rings is 1. The molecule has 0 spiro atoms. The quantitative estimate of drug-likeness (QED) is 0.463. The molecule has 0 saturated carbocycles. The van der Waals surface area contributed by atoms with Crippen LogP contribution in [-0.4, -0.2) is 15.9 Å². The van der Waals surface area contributed by atoms with Crippen molar-refractivity contribution in [2.75, 3.05) is 5.32 Å². The fourth-order valence-corrected chi connectivity index (χ4v) is 3.99. The highest BCUT2D eigenvalue weighted by Gasteiger charge is 2.15. The summed E-state index contributed by atoms with van der Waals surface area (Å²) in [4.78, 5) is 20.2. The lowest BCUT2D eigenvalue weighted by atomic mass is 10.2. The molecule has 2 aromatic carbocycles. The number of benzene rings is 2. The molecule has 2 aromatic heterocycles. The third kappa shape index (κ3) is 3.26. The van der Waals surface area contributed by atoms with E-state index in [0.717, 1.165) is 22.4 Å². The predicted molar refractivity (Wildman–Crippen MR) is 104 cm³/mol. The van der Waals surface area contributed by atoms with Crippen LogP contribution >= 0.6 is 34.5 Å². The highest BCUT2D eigenvalue weighted by Crippen LogP contribution is 2.32. The van der Waals surface area contributed by atoms with E-state index in [-0.39, 0.29) is 5.91 Å². The molecular weight excluding hydrogens is 377 g/mol. The maximum Gasteiger partial charge on any atom is 0.258 e. The summed E-state index contributed by atoms with van der Waals surface area (Å²) >= 11 is 13.1. The maximum atomic E-state index is 12.4. The summed E-state index contributed by atoms with van der Waals surface area (Å²) in [6.07, 6.45) is 0. The molecule has 0 aliphatic heterocycles. The van der Waals surface area contributed by atoms with E-state index in [1.165, 1.54) is 11.3 Å². The number of aromatic amines is 1. The Balaban J connectivity index is 1.63. The number of nitrogens with one attached hydrogen (secondary N) is 2. The monoisotopic (exact) mass is 387 g/mol. The van der Waals surface area contributed by atoms with Crippen molar-refractivity contribution in [1.82, 2.24) is 9.97 Å². The number of amides is 1. The number of fused-ring (bicyclic) bond motifs is 1. The summed E-state index contributed by atoms with van der Waals surface area (Å²) in [5.41, 5.74) is 3.76. The standard InChI is InChI=1S/C18H11Cl2N3OS/c19-15-9-12(16(20)25-15)18(24)21-11-5-3-4-10(8-11)17-22-13-6-1-2-7-14(13)23-17/h1-9H,(H,21,24)(H,22,23). The average Bonchev–Trinajstić information content (AvgIpc) is 3.18. The van der Waals surface area contributed by atoms with E-state index < -0.39 is 0 Å². The molecule has 0 atom stereocenters. The first kappa shape index (κ1) is 16.1. The van der Waals surface area contributed by atoms with E-state index in [9.17, 15) is 4.79 Å². The van der Waals surface area contributed by atoms with Crippen LogP contribution in [-0.2, 0) is 0 Å². The minimum Gasteiger partial charge on any atom is -0.338 e. The molecule has 0 bridgehead atoms. The Hall–Kier alpha value is -2.34. The van der Waals surface area contributed by atoms with Gasteiger partial charge in [-0.1, -0.05) is 47.5 Å². The van der Waals surface area contributed by atoms with Crippen molar-refractivity contribution in [3.05, 3.63) is 68.8 Å². The first-order valence-electron chi connectivity index (χ1n) is 7.41. The second kappa shape index (κ2) is 6.52. The lowest BCUT2D eigenvalue weighted by molar-refractivity contribution is 0.102. The predicted octanol–water partition coefficient (Wildman–Crippen LogP) is 5.85. The summed E-state index contributed by atoms with van der Waals surface area (Å²) in [5.74, 6) is 0.448. The molecule has 4 rings (SSSR count). The Kier molecular flexibility index (Phi) is 4.21. The highest BCUT2D eigenvalue weighted by atomic mass is 35.5. The molecule has 1 amide bonds. The fourth-order valence-electron chi connectivity index (χ4n) is 2.53. The maximum absolute atomic E-state index is 12.4. The van der Waals surface area contributed by atoms with E-state index in [2.05, 4.69) is 15.3 Å². The fraction of sp³-hybridized carbons (Fsp3) is 0. The molecular formula is C18H11Cl2N3OS. The Labute approximate surface area is 157 Å². The second-order valence-electron chi connectivity index (χ2n) is 5.38. The van der Waals surface area contributed by atoms with Crippen molar-refractivity contribution in [2.24, 2.45) is 0 Å². The van der Waals surface area contributed by atoms with E-state index >= 15 is 0 Å². The molecule has 25 heavy (non-hydrogen) atoms. The van der Waals surface area contributed by atoms with Gasteiger partial charge in [0.25, 0.3) is 5.91 Å². The number of hydrogen-bond donors (Lipinski definition) is 2. The van der Waals surface area contributed by atoms with Gasteiger partial charge in [0, 0.05) is 11.3 Å². The molecule has 124 valence electrons. The van der Waals surface area contributed by atoms with Crippen molar-refractivity contribution < 1.29 is 4.79 Å². The zero-order chi connectivity index (χ0) is 17.4. The van der Waals surface area contributed by atoms with Gasteiger partial charge in [-0.2, -0.15) is 0 Å². The normalized spacial score (nSPS) is 11.0. The average molecular weight is 388 g/mol. The number of carbonyl (C=O) groups is 1. The Morgan fingerprint density at radius 1 is 1.08 bits per heavy atom. The van der Waals surface area contributed by atoms with Crippen LogP contribution in [0, 0.1) is 0 Å². The molecule has 0 aliphatic carbocycles. The number of H-pyrrole nitrogens is 1. The largest absolute Gasteiger partial charge is 0.338 e. The summed E-state index contributed by atoms with van der Waals surface area (Å²) in [6.45, 7) is 0. The third-order valence-corrected chi connectivity index (χ3v) is 5.17. The minimum absolute atomic E-state index is 0.296. The van der Waals surface area contributed by atoms with Gasteiger partial charge in [0.1, 0.15) is 10.2 Å². The molecule has 4 aromatic rings. The molecule has 2 heterocycles. The molecule has 0 aliphatic rings. The molecule has 7 heteroatoms. The van der Waals surface area contributed by atoms with E-state index in [4.69, 9.17) is 23.2 Å². The molecule has 0 saturated heterocycles. The van der Waals surface area contributed by atoms with Crippen molar-refractivity contribution in [3.63, 3.8) is 0 Å². The Morgan fingerprint density at radius 2 is 1.92 bits per heavy atom. The Bertz CT molecular complexity index is 1050. The van der Waals surface area contributed by atoms with Gasteiger partial charge in [-0.3, -0.25) is 4.79 Å². The summed E-state index contributed by atoms with van der Waals surface area (Å²) < 4.78 is 0.849. The first-order valence-corrected chi connectivity index (χ1v) is 8.99. The first-order chi connectivity index (χ1) is 12.1. The molecule has 2 N–H and O–H groups in total. The van der Waals surface area contributed by atoms with Crippen molar-refractivity contribution in [1.29, 1.82) is 0 Å². The summed E-state index contributed by atoms with van der Waals surface area (Å²) in [6, 6.07) is 16.8. The van der Waals surface area contributed by atoms with Crippen LogP contribution in [0.1, 0.15) is 10.4 Å². The lowest BCUT2D eigenvalue weighted by Gasteiger charge is -2.06. The van der Waals surface area contributed by atoms with Gasteiger partial charge < -0.3 is 10.3 Å². The van der Waals surface area contributed by atoms with E-state index in [1.54, 1.807) is 6.07 Å². The van der Waals surface area contributed by atoms with Crippen LogP contribution in [0.3, 0.4) is 0 Å². The van der Waals surface area contributed by atoms with E-state index in [0.29, 0.717) is 19.9 Å². The summed E-state index contributed by atoms with van der Waals surface area (Å²) in [5, 5.41) is 2.84. The second-order valence-corrected chi connectivity index (χ2v) is 7.66. The number of para-hydroxylation sites is 2. The van der Waals surface area contributed by atoms with Crippen molar-refractivity contribution in [3.8, 4) is 11.4 Å². The van der Waals surface area contributed by atoms with Crippen molar-refractivity contribution in [2.45, 2.75) is 0 Å². The van der Waals surface area contributed by atoms with Gasteiger partial charge in [0.15, 0.2) is 0 Å². The number of halogens is 2. The highest BCUT2D eigenvalue weighted by molar-refractivity contribution is 7.20.